The molecule has 8 heteroatoms. The number of likely N-dealkylation sites (N-methyl/N-ethyl adjacent to an activating group) is 1. The second kappa shape index (κ2) is 6.25. The lowest BCUT2D eigenvalue weighted by Crippen LogP contribution is -2.55. The van der Waals surface area contributed by atoms with Crippen molar-refractivity contribution < 1.29 is 23.1 Å². The molecule has 0 aromatic heterocycles. The van der Waals surface area contributed by atoms with E-state index in [4.69, 9.17) is 5.11 Å². The van der Waals surface area contributed by atoms with Gasteiger partial charge in [0.05, 0.1) is 24.0 Å². The van der Waals surface area contributed by atoms with E-state index in [0.29, 0.717) is 6.54 Å². The molecule has 1 atom stereocenters. The number of aliphatic carboxylic acids is 1. The monoisotopic (exact) mass is 304 g/mol. The molecule has 1 saturated heterocycles. The molecule has 7 nitrogen and oxygen atoms in total. The summed E-state index contributed by atoms with van der Waals surface area (Å²) in [6.45, 7) is 5.86. The van der Waals surface area contributed by atoms with Crippen molar-refractivity contribution in [2.45, 2.75) is 19.4 Å². The van der Waals surface area contributed by atoms with Crippen LogP contribution in [-0.2, 0) is 14.6 Å². The summed E-state index contributed by atoms with van der Waals surface area (Å²) >= 11 is 0. The quantitative estimate of drug-likeness (QED) is 0.748. The molecular formula is C12H20N2O5S. The van der Waals surface area contributed by atoms with Crippen LogP contribution in [-0.4, -0.2) is 73.0 Å². The molecule has 0 aliphatic carbocycles. The Morgan fingerprint density at radius 1 is 1.45 bits per heavy atom. The van der Waals surface area contributed by atoms with Crippen LogP contribution in [0.25, 0.3) is 0 Å². The third kappa shape index (κ3) is 4.52. The maximum absolute atomic E-state index is 12.3. The highest BCUT2D eigenvalue weighted by Gasteiger charge is 2.36. The Labute approximate surface area is 118 Å². The van der Waals surface area contributed by atoms with Crippen molar-refractivity contribution in [1.29, 1.82) is 0 Å². The SMILES string of the molecule is C=C(C)CN(C)C(=O)N1CCS(=O)(=O)CC1CC(=O)O. The maximum atomic E-state index is 12.3. The van der Waals surface area contributed by atoms with Gasteiger partial charge in [0.1, 0.15) is 0 Å². The molecule has 1 N–H and O–H groups in total. The summed E-state index contributed by atoms with van der Waals surface area (Å²) in [6.07, 6.45) is -0.369. The summed E-state index contributed by atoms with van der Waals surface area (Å²) in [5.41, 5.74) is 0.792. The molecule has 1 unspecified atom stereocenters. The first-order valence-corrected chi connectivity index (χ1v) is 8.03. The Hall–Kier alpha value is -1.57. The van der Waals surface area contributed by atoms with Gasteiger partial charge in [-0.15, -0.1) is 0 Å². The number of carboxylic acids is 1. The number of carbonyl (C=O) groups excluding carboxylic acids is 1. The fourth-order valence-corrected chi connectivity index (χ4v) is 3.73. The predicted octanol–water partition coefficient (Wildman–Crippen LogP) is 0.188. The number of nitrogens with zero attached hydrogens (tertiary/aromatic N) is 2. The molecular weight excluding hydrogens is 284 g/mol. The molecule has 1 heterocycles. The Kier molecular flexibility index (Phi) is 5.15. The van der Waals surface area contributed by atoms with Gasteiger partial charge in [-0.1, -0.05) is 12.2 Å². The number of hydrogen-bond acceptors (Lipinski definition) is 4. The molecule has 0 aromatic carbocycles. The van der Waals surface area contributed by atoms with Crippen LogP contribution in [0, 0.1) is 0 Å². The first-order valence-electron chi connectivity index (χ1n) is 6.20. The summed E-state index contributed by atoms with van der Waals surface area (Å²) < 4.78 is 23.2. The minimum absolute atomic E-state index is 0.0274. The number of urea groups is 1. The van der Waals surface area contributed by atoms with Crippen LogP contribution in [0.5, 0.6) is 0 Å². The average molecular weight is 304 g/mol. The summed E-state index contributed by atoms with van der Waals surface area (Å²) in [5, 5.41) is 8.86. The van der Waals surface area contributed by atoms with Gasteiger partial charge in [0.15, 0.2) is 9.84 Å². The van der Waals surface area contributed by atoms with Crippen molar-refractivity contribution in [3.63, 3.8) is 0 Å². The fourth-order valence-electron chi connectivity index (χ4n) is 2.20. The zero-order valence-corrected chi connectivity index (χ0v) is 12.5. The molecule has 20 heavy (non-hydrogen) atoms. The summed E-state index contributed by atoms with van der Waals surface area (Å²) in [6, 6.07) is -1.18. The standard InChI is InChI=1S/C12H20N2O5S/c1-9(2)7-13(3)12(17)14-4-5-20(18,19)8-10(14)6-11(15)16/h10H,1,4-8H2,2-3H3,(H,15,16). The van der Waals surface area contributed by atoms with Gasteiger partial charge in [0.2, 0.25) is 0 Å². The summed E-state index contributed by atoms with van der Waals surface area (Å²) in [7, 11) is -1.70. The highest BCUT2D eigenvalue weighted by molar-refractivity contribution is 7.91. The normalized spacial score (nSPS) is 21.3. The van der Waals surface area contributed by atoms with E-state index >= 15 is 0 Å². The molecule has 0 spiro atoms. The third-order valence-corrected chi connectivity index (χ3v) is 4.72. The van der Waals surface area contributed by atoms with Crippen LogP contribution >= 0.6 is 0 Å². The van der Waals surface area contributed by atoms with Gasteiger partial charge in [0, 0.05) is 20.1 Å². The molecule has 0 bridgehead atoms. The molecule has 1 aliphatic heterocycles. The molecule has 1 aliphatic rings. The summed E-state index contributed by atoms with van der Waals surface area (Å²) in [5.74, 6) is -1.55. The molecule has 114 valence electrons. The molecule has 0 aromatic rings. The number of carboxylic acid groups (broad SMARTS) is 1. The van der Waals surface area contributed by atoms with E-state index in [-0.39, 0.29) is 30.5 Å². The predicted molar refractivity (Wildman–Crippen MR) is 74.2 cm³/mol. The molecule has 0 radical (unpaired) electrons. The lowest BCUT2D eigenvalue weighted by atomic mass is 10.2. The highest BCUT2D eigenvalue weighted by atomic mass is 32.2. The molecule has 0 saturated carbocycles. The van der Waals surface area contributed by atoms with Crippen molar-refractivity contribution in [3.05, 3.63) is 12.2 Å². The van der Waals surface area contributed by atoms with Gasteiger partial charge in [0.25, 0.3) is 0 Å². The highest BCUT2D eigenvalue weighted by Crippen LogP contribution is 2.17. The average Bonchev–Trinajstić information content (AvgIpc) is 2.25. The topological polar surface area (TPSA) is 95.0 Å². The van der Waals surface area contributed by atoms with E-state index in [9.17, 15) is 18.0 Å². The minimum Gasteiger partial charge on any atom is -0.481 e. The van der Waals surface area contributed by atoms with Gasteiger partial charge in [-0.3, -0.25) is 4.79 Å². The van der Waals surface area contributed by atoms with Crippen LogP contribution in [0.1, 0.15) is 13.3 Å². The van der Waals surface area contributed by atoms with Gasteiger partial charge < -0.3 is 14.9 Å². The number of hydrogen-bond donors (Lipinski definition) is 1. The summed E-state index contributed by atoms with van der Waals surface area (Å²) in [4.78, 5) is 25.8. The number of carbonyl (C=O) groups is 2. The first kappa shape index (κ1) is 16.5. The lowest BCUT2D eigenvalue weighted by molar-refractivity contribution is -0.138. The zero-order chi connectivity index (χ0) is 15.5. The van der Waals surface area contributed by atoms with Gasteiger partial charge in [-0.05, 0) is 6.92 Å². The van der Waals surface area contributed by atoms with Crippen molar-refractivity contribution in [2.75, 3.05) is 31.6 Å². The van der Waals surface area contributed by atoms with Gasteiger partial charge in [-0.25, -0.2) is 13.2 Å². The smallest absolute Gasteiger partial charge is 0.320 e. The number of sulfone groups is 1. The van der Waals surface area contributed by atoms with Crippen LogP contribution in [0.3, 0.4) is 0 Å². The molecule has 1 fully saturated rings. The van der Waals surface area contributed by atoms with Crippen molar-refractivity contribution in [1.82, 2.24) is 9.80 Å². The Morgan fingerprint density at radius 2 is 2.05 bits per heavy atom. The van der Waals surface area contributed by atoms with Crippen LogP contribution in [0.15, 0.2) is 12.2 Å². The van der Waals surface area contributed by atoms with Crippen LogP contribution in [0.2, 0.25) is 0 Å². The van der Waals surface area contributed by atoms with E-state index < -0.39 is 21.8 Å². The van der Waals surface area contributed by atoms with E-state index in [1.165, 1.54) is 9.80 Å². The first-order chi connectivity index (χ1) is 9.12. The van der Waals surface area contributed by atoms with E-state index in [1.807, 2.05) is 0 Å². The number of amides is 2. The van der Waals surface area contributed by atoms with E-state index in [0.717, 1.165) is 5.57 Å². The lowest BCUT2D eigenvalue weighted by Gasteiger charge is -2.37. The van der Waals surface area contributed by atoms with Crippen LogP contribution < -0.4 is 0 Å². The third-order valence-electron chi connectivity index (χ3n) is 3.02. The number of rotatable bonds is 4. The van der Waals surface area contributed by atoms with E-state index in [2.05, 4.69) is 6.58 Å². The van der Waals surface area contributed by atoms with Crippen molar-refractivity contribution in [3.8, 4) is 0 Å². The minimum atomic E-state index is -3.29. The zero-order valence-electron chi connectivity index (χ0n) is 11.7. The fraction of sp³-hybridized carbons (Fsp3) is 0.667. The van der Waals surface area contributed by atoms with Crippen LogP contribution in [0.4, 0.5) is 4.79 Å². The maximum Gasteiger partial charge on any atom is 0.320 e. The molecule has 2 amide bonds. The largest absolute Gasteiger partial charge is 0.481 e. The van der Waals surface area contributed by atoms with Gasteiger partial charge in [-0.2, -0.15) is 0 Å². The van der Waals surface area contributed by atoms with Gasteiger partial charge >= 0.3 is 12.0 Å². The second-order valence-corrected chi connectivity index (χ2v) is 7.38. The Bertz CT molecular complexity index is 514. The Morgan fingerprint density at radius 3 is 2.55 bits per heavy atom. The Balaban J connectivity index is 2.87. The second-order valence-electron chi connectivity index (χ2n) is 5.16. The van der Waals surface area contributed by atoms with Crippen molar-refractivity contribution >= 4 is 21.8 Å². The van der Waals surface area contributed by atoms with E-state index in [1.54, 1.807) is 14.0 Å². The molecule has 1 rings (SSSR count). The van der Waals surface area contributed by atoms with Crippen molar-refractivity contribution in [2.24, 2.45) is 0 Å².